The van der Waals surface area contributed by atoms with Crippen LogP contribution in [0.5, 0.6) is 0 Å². The van der Waals surface area contributed by atoms with Crippen molar-refractivity contribution >= 4 is 6.08 Å². The molecule has 0 bridgehead atoms. The Bertz CT molecular complexity index is 340. The molecule has 1 atom stereocenters. The van der Waals surface area contributed by atoms with Crippen molar-refractivity contribution in [2.75, 3.05) is 7.11 Å². The zero-order valence-corrected chi connectivity index (χ0v) is 12.0. The summed E-state index contributed by atoms with van der Waals surface area (Å²) in [5, 5.41) is 0. The molecule has 18 heavy (non-hydrogen) atoms. The molecule has 0 saturated carbocycles. The maximum atomic E-state index is 5.47. The predicted octanol–water partition coefficient (Wildman–Crippen LogP) is 5.08. The normalized spacial score (nSPS) is 13.6. The van der Waals surface area contributed by atoms with Gasteiger partial charge in [-0.15, -0.1) is 0 Å². The highest BCUT2D eigenvalue weighted by Gasteiger charge is 2.07. The molecule has 0 aliphatic carbocycles. The number of hydrogen-bond acceptors (Lipinski definition) is 1. The summed E-state index contributed by atoms with van der Waals surface area (Å²) < 4.78 is 5.47. The van der Waals surface area contributed by atoms with E-state index in [1.807, 2.05) is 0 Å². The van der Waals surface area contributed by atoms with Gasteiger partial charge in [-0.3, -0.25) is 0 Å². The maximum absolute atomic E-state index is 5.47. The zero-order chi connectivity index (χ0) is 13.2. The first-order valence-corrected chi connectivity index (χ1v) is 7.06. The first-order chi connectivity index (χ1) is 8.77. The lowest BCUT2D eigenvalue weighted by atomic mass is 10.00. The van der Waals surface area contributed by atoms with Crippen LogP contribution < -0.4 is 0 Å². The second-order valence-corrected chi connectivity index (χ2v) is 4.82. The molecule has 0 radical (unpaired) electrons. The van der Waals surface area contributed by atoms with Crippen molar-refractivity contribution in [3.8, 4) is 0 Å². The number of benzene rings is 1. The Labute approximate surface area is 112 Å². The SMILES string of the molecule is CCCCCC/C(=C\c1ccccc1)C(C)OC. The molecule has 1 rings (SSSR count). The van der Waals surface area contributed by atoms with Gasteiger partial charge < -0.3 is 4.74 Å². The Hall–Kier alpha value is -1.08. The molecule has 0 aliphatic heterocycles. The molecule has 1 nitrogen and oxygen atoms in total. The van der Waals surface area contributed by atoms with Crippen molar-refractivity contribution in [1.29, 1.82) is 0 Å². The lowest BCUT2D eigenvalue weighted by Crippen LogP contribution is -2.08. The van der Waals surface area contributed by atoms with E-state index in [9.17, 15) is 0 Å². The van der Waals surface area contributed by atoms with Crippen LogP contribution in [0.25, 0.3) is 6.08 Å². The van der Waals surface area contributed by atoms with E-state index in [0.717, 1.165) is 6.42 Å². The van der Waals surface area contributed by atoms with Gasteiger partial charge in [0.05, 0.1) is 6.10 Å². The molecule has 0 saturated heterocycles. The summed E-state index contributed by atoms with van der Waals surface area (Å²) in [6, 6.07) is 10.5. The Kier molecular flexibility index (Phi) is 7.43. The molecule has 1 aromatic carbocycles. The largest absolute Gasteiger partial charge is 0.377 e. The van der Waals surface area contributed by atoms with Crippen LogP contribution in [0.4, 0.5) is 0 Å². The van der Waals surface area contributed by atoms with E-state index in [-0.39, 0.29) is 6.10 Å². The van der Waals surface area contributed by atoms with E-state index < -0.39 is 0 Å². The van der Waals surface area contributed by atoms with Gasteiger partial charge in [0.15, 0.2) is 0 Å². The van der Waals surface area contributed by atoms with Crippen molar-refractivity contribution in [3.63, 3.8) is 0 Å². The summed E-state index contributed by atoms with van der Waals surface area (Å²) in [6.45, 7) is 4.38. The molecule has 0 N–H and O–H groups in total. The van der Waals surface area contributed by atoms with Gasteiger partial charge in [0, 0.05) is 7.11 Å². The molecular weight excluding hydrogens is 220 g/mol. The van der Waals surface area contributed by atoms with E-state index in [0.29, 0.717) is 0 Å². The quantitative estimate of drug-likeness (QED) is 0.581. The molecule has 0 fully saturated rings. The minimum atomic E-state index is 0.215. The van der Waals surface area contributed by atoms with E-state index in [1.54, 1.807) is 7.11 Å². The standard InChI is InChI=1S/C17H26O/c1-4-5-6-10-13-17(15(2)18-3)14-16-11-8-7-9-12-16/h7-9,11-12,14-15H,4-6,10,13H2,1-3H3/b17-14+. The van der Waals surface area contributed by atoms with Gasteiger partial charge in [0.2, 0.25) is 0 Å². The van der Waals surface area contributed by atoms with Crippen LogP contribution in [0.1, 0.15) is 51.5 Å². The summed E-state index contributed by atoms with van der Waals surface area (Å²) in [5.74, 6) is 0. The molecule has 0 aromatic heterocycles. The number of methoxy groups -OCH3 is 1. The summed E-state index contributed by atoms with van der Waals surface area (Å²) in [4.78, 5) is 0. The summed E-state index contributed by atoms with van der Waals surface area (Å²) in [6.07, 6.45) is 8.84. The highest BCUT2D eigenvalue weighted by molar-refractivity contribution is 5.53. The van der Waals surface area contributed by atoms with Crippen LogP contribution in [0.3, 0.4) is 0 Å². The lowest BCUT2D eigenvalue weighted by Gasteiger charge is -2.15. The van der Waals surface area contributed by atoms with Gasteiger partial charge in [-0.05, 0) is 30.9 Å². The van der Waals surface area contributed by atoms with Gasteiger partial charge in [-0.2, -0.15) is 0 Å². The monoisotopic (exact) mass is 246 g/mol. The second-order valence-electron chi connectivity index (χ2n) is 4.82. The van der Waals surface area contributed by atoms with Crippen molar-refractivity contribution in [3.05, 3.63) is 41.5 Å². The highest BCUT2D eigenvalue weighted by Crippen LogP contribution is 2.19. The fraction of sp³-hybridized carbons (Fsp3) is 0.529. The topological polar surface area (TPSA) is 9.23 Å². The third kappa shape index (κ3) is 5.50. The smallest absolute Gasteiger partial charge is 0.0756 e. The van der Waals surface area contributed by atoms with Gasteiger partial charge >= 0.3 is 0 Å². The van der Waals surface area contributed by atoms with Gasteiger partial charge in [0.1, 0.15) is 0 Å². The van der Waals surface area contributed by atoms with Crippen LogP contribution >= 0.6 is 0 Å². The molecule has 0 spiro atoms. The van der Waals surface area contributed by atoms with Crippen LogP contribution in [0.15, 0.2) is 35.9 Å². The lowest BCUT2D eigenvalue weighted by molar-refractivity contribution is 0.144. The molecule has 0 aliphatic rings. The average Bonchev–Trinajstić information content (AvgIpc) is 2.42. The average molecular weight is 246 g/mol. The van der Waals surface area contributed by atoms with Crippen molar-refractivity contribution in [2.24, 2.45) is 0 Å². The number of unbranched alkanes of at least 4 members (excludes halogenated alkanes) is 3. The van der Waals surface area contributed by atoms with Crippen LogP contribution in [-0.2, 0) is 4.74 Å². The highest BCUT2D eigenvalue weighted by atomic mass is 16.5. The summed E-state index contributed by atoms with van der Waals surface area (Å²) >= 11 is 0. The number of rotatable bonds is 8. The predicted molar refractivity (Wildman–Crippen MR) is 79.6 cm³/mol. The fourth-order valence-electron chi connectivity index (χ4n) is 2.06. The summed E-state index contributed by atoms with van der Waals surface area (Å²) in [5.41, 5.74) is 2.67. The molecule has 1 heteroatoms. The summed E-state index contributed by atoms with van der Waals surface area (Å²) in [7, 11) is 1.79. The minimum Gasteiger partial charge on any atom is -0.377 e. The fourth-order valence-corrected chi connectivity index (χ4v) is 2.06. The van der Waals surface area contributed by atoms with E-state index in [2.05, 4.69) is 50.3 Å². The Morgan fingerprint density at radius 1 is 1.17 bits per heavy atom. The first-order valence-electron chi connectivity index (χ1n) is 7.06. The van der Waals surface area contributed by atoms with E-state index in [1.165, 1.54) is 36.8 Å². The number of ether oxygens (including phenoxy) is 1. The maximum Gasteiger partial charge on any atom is 0.0756 e. The van der Waals surface area contributed by atoms with Gasteiger partial charge in [0.25, 0.3) is 0 Å². The van der Waals surface area contributed by atoms with Crippen LogP contribution in [0.2, 0.25) is 0 Å². The molecule has 1 aromatic rings. The molecule has 1 unspecified atom stereocenters. The van der Waals surface area contributed by atoms with Gasteiger partial charge in [-0.25, -0.2) is 0 Å². The Morgan fingerprint density at radius 3 is 2.50 bits per heavy atom. The first kappa shape index (κ1) is 15.0. The Balaban J connectivity index is 2.63. The van der Waals surface area contributed by atoms with E-state index in [4.69, 9.17) is 4.74 Å². The van der Waals surface area contributed by atoms with Crippen molar-refractivity contribution < 1.29 is 4.74 Å². The van der Waals surface area contributed by atoms with Crippen LogP contribution in [0, 0.1) is 0 Å². The van der Waals surface area contributed by atoms with Gasteiger partial charge in [-0.1, -0.05) is 62.6 Å². The third-order valence-corrected chi connectivity index (χ3v) is 3.35. The molecular formula is C17H26O. The third-order valence-electron chi connectivity index (χ3n) is 3.35. The minimum absolute atomic E-state index is 0.215. The van der Waals surface area contributed by atoms with E-state index >= 15 is 0 Å². The molecule has 100 valence electrons. The zero-order valence-electron chi connectivity index (χ0n) is 12.0. The van der Waals surface area contributed by atoms with Crippen molar-refractivity contribution in [2.45, 2.75) is 52.1 Å². The van der Waals surface area contributed by atoms with Crippen molar-refractivity contribution in [1.82, 2.24) is 0 Å². The second kappa shape index (κ2) is 8.93. The molecule has 0 heterocycles. The Morgan fingerprint density at radius 2 is 1.89 bits per heavy atom. The number of hydrogen-bond donors (Lipinski definition) is 0. The van der Waals surface area contributed by atoms with Crippen LogP contribution in [-0.4, -0.2) is 13.2 Å². The molecule has 0 amide bonds.